The number of nitrogens with one attached hydrogen (secondary N) is 1. The van der Waals surface area contributed by atoms with Gasteiger partial charge in [0, 0.05) is 28.2 Å². The first-order chi connectivity index (χ1) is 12.6. The number of amides is 1. The molecule has 1 amide bonds. The summed E-state index contributed by atoms with van der Waals surface area (Å²) in [5.41, 5.74) is 3.25. The van der Waals surface area contributed by atoms with Crippen molar-refractivity contribution in [1.82, 2.24) is 14.8 Å². The highest BCUT2D eigenvalue weighted by Crippen LogP contribution is 2.40. The van der Waals surface area contributed by atoms with E-state index in [9.17, 15) is 4.79 Å². The summed E-state index contributed by atoms with van der Waals surface area (Å²) in [4.78, 5) is 19.0. The van der Waals surface area contributed by atoms with Gasteiger partial charge in [-0.25, -0.2) is 9.67 Å². The smallest absolute Gasteiger partial charge is 0.256 e. The third-order valence-electron chi connectivity index (χ3n) is 4.64. The minimum Gasteiger partial charge on any atom is -0.322 e. The first kappa shape index (κ1) is 17.1. The second-order valence-corrected chi connectivity index (χ2v) is 7.85. The van der Waals surface area contributed by atoms with Gasteiger partial charge in [-0.1, -0.05) is 6.07 Å². The van der Waals surface area contributed by atoms with Crippen LogP contribution in [0.5, 0.6) is 0 Å². The maximum atomic E-state index is 13.0. The molecule has 1 aliphatic rings. The van der Waals surface area contributed by atoms with Crippen LogP contribution in [-0.2, 0) is 0 Å². The van der Waals surface area contributed by atoms with E-state index in [1.54, 1.807) is 18.0 Å². The zero-order valence-corrected chi connectivity index (χ0v) is 16.0. The predicted molar refractivity (Wildman–Crippen MR) is 106 cm³/mol. The van der Waals surface area contributed by atoms with Gasteiger partial charge < -0.3 is 5.32 Å². The maximum Gasteiger partial charge on any atom is 0.256 e. The summed E-state index contributed by atoms with van der Waals surface area (Å²) in [6, 6.07) is 10.0. The molecule has 2 aromatic heterocycles. The zero-order valence-electron chi connectivity index (χ0n) is 15.2. The number of rotatable bonds is 5. The van der Waals surface area contributed by atoms with Gasteiger partial charge in [-0.2, -0.15) is 5.10 Å². The summed E-state index contributed by atoms with van der Waals surface area (Å²) in [7, 11) is 0. The second-order valence-electron chi connectivity index (χ2n) is 6.98. The van der Waals surface area contributed by atoms with E-state index in [-0.39, 0.29) is 11.9 Å². The van der Waals surface area contributed by atoms with E-state index in [2.05, 4.69) is 24.3 Å². The average Bonchev–Trinajstić information content (AvgIpc) is 3.39. The first-order valence-corrected chi connectivity index (χ1v) is 10.1. The molecule has 1 fully saturated rings. The van der Waals surface area contributed by atoms with E-state index in [4.69, 9.17) is 4.98 Å². The Labute approximate surface area is 157 Å². The Hall–Kier alpha value is -2.34. The van der Waals surface area contributed by atoms with Crippen LogP contribution in [0.15, 0.2) is 41.4 Å². The summed E-state index contributed by atoms with van der Waals surface area (Å²) in [6.45, 7) is 4.15. The zero-order chi connectivity index (χ0) is 18.3. The molecule has 26 heavy (non-hydrogen) atoms. The van der Waals surface area contributed by atoms with Gasteiger partial charge in [0.1, 0.15) is 0 Å². The van der Waals surface area contributed by atoms with Crippen molar-refractivity contribution in [2.75, 3.05) is 11.6 Å². The SMILES string of the molecule is CSc1cccc(NC(=O)c2cc(C3CC3)nc3c2cnn3C(C)C)c1. The van der Waals surface area contributed by atoms with Crippen molar-refractivity contribution in [3.05, 3.63) is 47.8 Å². The first-order valence-electron chi connectivity index (χ1n) is 8.90. The van der Waals surface area contributed by atoms with E-state index < -0.39 is 0 Å². The number of hydrogen-bond donors (Lipinski definition) is 1. The van der Waals surface area contributed by atoms with Crippen LogP contribution >= 0.6 is 11.8 Å². The summed E-state index contributed by atoms with van der Waals surface area (Å²) in [6.07, 6.45) is 6.07. The highest BCUT2D eigenvalue weighted by molar-refractivity contribution is 7.98. The largest absolute Gasteiger partial charge is 0.322 e. The van der Waals surface area contributed by atoms with Crippen LogP contribution in [0.3, 0.4) is 0 Å². The molecule has 0 saturated heterocycles. The van der Waals surface area contributed by atoms with Crippen molar-refractivity contribution < 1.29 is 4.79 Å². The van der Waals surface area contributed by atoms with E-state index in [1.807, 2.05) is 41.3 Å². The van der Waals surface area contributed by atoms with Crippen molar-refractivity contribution >= 4 is 34.4 Å². The Balaban J connectivity index is 1.75. The summed E-state index contributed by atoms with van der Waals surface area (Å²) in [5.74, 6) is 0.363. The van der Waals surface area contributed by atoms with Crippen LogP contribution in [-0.4, -0.2) is 26.9 Å². The summed E-state index contributed by atoms with van der Waals surface area (Å²) < 4.78 is 1.90. The van der Waals surface area contributed by atoms with Crippen molar-refractivity contribution in [2.24, 2.45) is 0 Å². The van der Waals surface area contributed by atoms with Gasteiger partial charge in [0.2, 0.25) is 0 Å². The molecule has 1 saturated carbocycles. The molecule has 1 aliphatic carbocycles. The van der Waals surface area contributed by atoms with Gasteiger partial charge in [-0.05, 0) is 57.2 Å². The van der Waals surface area contributed by atoms with Crippen LogP contribution in [0, 0.1) is 0 Å². The lowest BCUT2D eigenvalue weighted by Crippen LogP contribution is -2.14. The number of fused-ring (bicyclic) bond motifs is 1. The Kier molecular flexibility index (Phi) is 4.44. The van der Waals surface area contributed by atoms with Crippen LogP contribution in [0.1, 0.15) is 54.7 Å². The number of anilines is 1. The fourth-order valence-corrected chi connectivity index (χ4v) is 3.55. The topological polar surface area (TPSA) is 59.8 Å². The van der Waals surface area contributed by atoms with E-state index in [1.165, 1.54) is 0 Å². The van der Waals surface area contributed by atoms with Crippen LogP contribution in [0.2, 0.25) is 0 Å². The van der Waals surface area contributed by atoms with Crippen molar-refractivity contribution in [3.8, 4) is 0 Å². The van der Waals surface area contributed by atoms with Gasteiger partial charge in [-0.3, -0.25) is 4.79 Å². The Morgan fingerprint density at radius 2 is 2.12 bits per heavy atom. The number of pyridine rings is 1. The third kappa shape index (κ3) is 3.21. The van der Waals surface area contributed by atoms with Crippen LogP contribution in [0.25, 0.3) is 11.0 Å². The molecule has 2 heterocycles. The van der Waals surface area contributed by atoms with E-state index in [0.717, 1.165) is 40.2 Å². The molecule has 6 heteroatoms. The molecule has 134 valence electrons. The Morgan fingerprint density at radius 1 is 1.31 bits per heavy atom. The predicted octanol–water partition coefficient (Wildman–Crippen LogP) is 4.86. The number of carbonyl (C=O) groups excluding carboxylic acids is 1. The van der Waals surface area contributed by atoms with Crippen molar-refractivity contribution in [1.29, 1.82) is 0 Å². The third-order valence-corrected chi connectivity index (χ3v) is 5.37. The summed E-state index contributed by atoms with van der Waals surface area (Å²) >= 11 is 1.65. The van der Waals surface area contributed by atoms with Crippen molar-refractivity contribution in [2.45, 2.75) is 43.5 Å². The standard InChI is InChI=1S/C20H22N4OS/c1-12(2)24-19-17(11-21-24)16(10-18(23-19)13-7-8-13)20(25)22-14-5-4-6-15(9-14)26-3/h4-6,9-13H,7-8H2,1-3H3,(H,22,25). The highest BCUT2D eigenvalue weighted by atomic mass is 32.2. The number of nitrogens with zero attached hydrogens (tertiary/aromatic N) is 3. The Bertz CT molecular complexity index is 975. The molecule has 0 bridgehead atoms. The quantitative estimate of drug-likeness (QED) is 0.655. The molecular formula is C20H22N4OS. The van der Waals surface area contributed by atoms with Gasteiger partial charge in [-0.15, -0.1) is 11.8 Å². The monoisotopic (exact) mass is 366 g/mol. The number of hydrogen-bond acceptors (Lipinski definition) is 4. The van der Waals surface area contributed by atoms with Gasteiger partial charge in [0.15, 0.2) is 5.65 Å². The maximum absolute atomic E-state index is 13.0. The van der Waals surface area contributed by atoms with E-state index >= 15 is 0 Å². The molecule has 0 aliphatic heterocycles. The lowest BCUT2D eigenvalue weighted by molar-refractivity contribution is 0.102. The van der Waals surface area contributed by atoms with Gasteiger partial charge in [0.05, 0.1) is 17.1 Å². The normalized spacial score (nSPS) is 14.2. The number of carbonyl (C=O) groups is 1. The molecule has 0 spiro atoms. The van der Waals surface area contributed by atoms with Crippen LogP contribution < -0.4 is 5.32 Å². The molecule has 0 unspecified atom stereocenters. The molecule has 0 atom stereocenters. The molecule has 1 aromatic carbocycles. The molecule has 3 aromatic rings. The molecule has 1 N–H and O–H groups in total. The second kappa shape index (κ2) is 6.76. The molecular weight excluding hydrogens is 344 g/mol. The minimum atomic E-state index is -0.110. The number of aromatic nitrogens is 3. The number of thioether (sulfide) groups is 1. The molecule has 5 nitrogen and oxygen atoms in total. The lowest BCUT2D eigenvalue weighted by Gasteiger charge is -2.11. The molecule has 0 radical (unpaired) electrons. The average molecular weight is 366 g/mol. The fraction of sp³-hybridized carbons (Fsp3) is 0.350. The minimum absolute atomic E-state index is 0.110. The Morgan fingerprint density at radius 3 is 2.81 bits per heavy atom. The molecule has 4 rings (SSSR count). The van der Waals surface area contributed by atoms with E-state index in [0.29, 0.717) is 11.5 Å². The highest BCUT2D eigenvalue weighted by Gasteiger charge is 2.28. The fourth-order valence-electron chi connectivity index (χ4n) is 3.09. The summed E-state index contributed by atoms with van der Waals surface area (Å²) in [5, 5.41) is 8.30. The van der Waals surface area contributed by atoms with Gasteiger partial charge >= 0.3 is 0 Å². The lowest BCUT2D eigenvalue weighted by atomic mass is 10.1. The number of benzene rings is 1. The van der Waals surface area contributed by atoms with Gasteiger partial charge in [0.25, 0.3) is 5.91 Å². The van der Waals surface area contributed by atoms with Crippen LogP contribution in [0.4, 0.5) is 5.69 Å². The van der Waals surface area contributed by atoms with Crippen molar-refractivity contribution in [3.63, 3.8) is 0 Å².